The molecule has 1 N–H and O–H groups in total. The molecule has 0 bridgehead atoms. The van der Waals surface area contributed by atoms with Crippen molar-refractivity contribution in [2.45, 2.75) is 25.5 Å². The summed E-state index contributed by atoms with van der Waals surface area (Å²) in [4.78, 5) is 37.3. The Bertz CT molecular complexity index is 386. The first-order valence-corrected chi connectivity index (χ1v) is 6.32. The third-order valence-corrected chi connectivity index (χ3v) is 3.33. The van der Waals surface area contributed by atoms with Crippen LogP contribution in [0.4, 0.5) is 4.79 Å². The predicted octanol–water partition coefficient (Wildman–Crippen LogP) is -0.225. The lowest BCUT2D eigenvalue weighted by atomic mass is 10.2. The highest BCUT2D eigenvalue weighted by atomic mass is 16.5. The Labute approximate surface area is 117 Å². The van der Waals surface area contributed by atoms with Crippen molar-refractivity contribution in [1.29, 1.82) is 0 Å². The second kappa shape index (κ2) is 7.09. The molecule has 0 aromatic heterocycles. The molecule has 0 spiro atoms. The van der Waals surface area contributed by atoms with E-state index in [1.807, 2.05) is 0 Å². The Morgan fingerprint density at radius 2 is 2.00 bits per heavy atom. The molecule has 114 valence electrons. The van der Waals surface area contributed by atoms with E-state index in [0.29, 0.717) is 0 Å². The van der Waals surface area contributed by atoms with Crippen LogP contribution in [0, 0.1) is 0 Å². The van der Waals surface area contributed by atoms with Gasteiger partial charge in [-0.1, -0.05) is 0 Å². The molecule has 0 aliphatic carbocycles. The van der Waals surface area contributed by atoms with Crippen LogP contribution in [0.1, 0.15) is 13.3 Å². The van der Waals surface area contributed by atoms with E-state index in [1.165, 1.54) is 24.0 Å². The van der Waals surface area contributed by atoms with Crippen molar-refractivity contribution in [3.05, 3.63) is 0 Å². The molecule has 0 saturated carbocycles. The zero-order valence-corrected chi connectivity index (χ0v) is 11.9. The summed E-state index contributed by atoms with van der Waals surface area (Å²) in [5.74, 6) is -1.62. The van der Waals surface area contributed by atoms with Gasteiger partial charge in [0, 0.05) is 26.6 Å². The minimum Gasteiger partial charge on any atom is -0.480 e. The fourth-order valence-corrected chi connectivity index (χ4v) is 2.13. The molecule has 1 saturated heterocycles. The first-order valence-electron chi connectivity index (χ1n) is 6.32. The fourth-order valence-electron chi connectivity index (χ4n) is 2.13. The van der Waals surface area contributed by atoms with Gasteiger partial charge in [0.2, 0.25) is 0 Å². The second-order valence-electron chi connectivity index (χ2n) is 4.47. The third kappa shape index (κ3) is 3.60. The summed E-state index contributed by atoms with van der Waals surface area (Å²) in [6, 6.07) is -1.43. The third-order valence-electron chi connectivity index (χ3n) is 3.33. The Kier molecular flexibility index (Phi) is 5.75. The topological polar surface area (TPSA) is 96.4 Å². The molecule has 1 heterocycles. The molecule has 0 aromatic carbocycles. The highest BCUT2D eigenvalue weighted by Gasteiger charge is 2.41. The SMILES string of the molecule is CCN(CC(=O)OC)C(=O)N1CC(OC)CC1C(=O)O. The standard InChI is InChI=1S/C12H20N2O6/c1-4-13(7-10(15)20-3)12(18)14-6-8(19-2)5-9(14)11(16)17/h8-9H,4-7H2,1-3H3,(H,16,17). The van der Waals surface area contributed by atoms with Gasteiger partial charge in [0.15, 0.2) is 0 Å². The average Bonchev–Trinajstić information content (AvgIpc) is 2.88. The van der Waals surface area contributed by atoms with Crippen molar-refractivity contribution in [1.82, 2.24) is 9.80 Å². The largest absolute Gasteiger partial charge is 0.480 e. The number of esters is 1. The van der Waals surface area contributed by atoms with Crippen molar-refractivity contribution < 1.29 is 29.0 Å². The van der Waals surface area contributed by atoms with Gasteiger partial charge in [0.1, 0.15) is 12.6 Å². The summed E-state index contributed by atoms with van der Waals surface area (Å²) >= 11 is 0. The van der Waals surface area contributed by atoms with Crippen LogP contribution in [0.2, 0.25) is 0 Å². The van der Waals surface area contributed by atoms with Gasteiger partial charge in [0.05, 0.1) is 13.2 Å². The van der Waals surface area contributed by atoms with Crippen LogP contribution in [0.15, 0.2) is 0 Å². The number of carbonyl (C=O) groups excluding carboxylic acids is 2. The number of urea groups is 1. The molecule has 2 atom stereocenters. The van der Waals surface area contributed by atoms with Gasteiger partial charge in [-0.15, -0.1) is 0 Å². The van der Waals surface area contributed by atoms with Crippen LogP contribution in [0.5, 0.6) is 0 Å². The molecule has 8 heteroatoms. The van der Waals surface area contributed by atoms with Gasteiger partial charge in [-0.3, -0.25) is 4.79 Å². The maximum Gasteiger partial charge on any atom is 0.326 e. The van der Waals surface area contributed by atoms with Gasteiger partial charge in [0.25, 0.3) is 0 Å². The lowest BCUT2D eigenvalue weighted by Gasteiger charge is -2.28. The molecule has 8 nitrogen and oxygen atoms in total. The number of amides is 2. The Morgan fingerprint density at radius 1 is 1.35 bits per heavy atom. The number of carboxylic acids is 1. The number of carbonyl (C=O) groups is 3. The van der Waals surface area contributed by atoms with Gasteiger partial charge in [-0.25, -0.2) is 9.59 Å². The van der Waals surface area contributed by atoms with E-state index < -0.39 is 24.0 Å². The average molecular weight is 288 g/mol. The van der Waals surface area contributed by atoms with Gasteiger partial charge >= 0.3 is 18.0 Å². The molecule has 1 rings (SSSR count). The summed E-state index contributed by atoms with van der Waals surface area (Å²) in [5, 5.41) is 9.17. The van der Waals surface area contributed by atoms with Crippen LogP contribution >= 0.6 is 0 Å². The molecule has 0 aromatic rings. The number of carboxylic acid groups (broad SMARTS) is 1. The number of aliphatic carboxylic acids is 1. The quantitative estimate of drug-likeness (QED) is 0.702. The molecule has 1 fully saturated rings. The zero-order valence-electron chi connectivity index (χ0n) is 11.9. The van der Waals surface area contributed by atoms with Crippen LogP contribution in [0.25, 0.3) is 0 Å². The van der Waals surface area contributed by atoms with Crippen molar-refractivity contribution >= 4 is 18.0 Å². The van der Waals surface area contributed by atoms with Crippen LogP contribution in [-0.4, -0.2) is 78.9 Å². The molecule has 1 aliphatic rings. The highest BCUT2D eigenvalue weighted by Crippen LogP contribution is 2.21. The summed E-state index contributed by atoms with van der Waals surface area (Å²) in [7, 11) is 2.71. The summed E-state index contributed by atoms with van der Waals surface area (Å²) in [5.41, 5.74) is 0. The number of rotatable bonds is 5. The predicted molar refractivity (Wildman–Crippen MR) is 68.2 cm³/mol. The lowest BCUT2D eigenvalue weighted by molar-refractivity contribution is -0.141. The van der Waals surface area contributed by atoms with Crippen molar-refractivity contribution in [2.24, 2.45) is 0 Å². The Hall–Kier alpha value is -1.83. The van der Waals surface area contributed by atoms with Crippen molar-refractivity contribution in [3.63, 3.8) is 0 Å². The van der Waals surface area contributed by atoms with E-state index in [-0.39, 0.29) is 32.2 Å². The molecule has 0 radical (unpaired) electrons. The monoisotopic (exact) mass is 288 g/mol. The summed E-state index contributed by atoms with van der Waals surface area (Å²) < 4.78 is 9.64. The number of hydrogen-bond donors (Lipinski definition) is 1. The molecule has 2 amide bonds. The molecule has 1 aliphatic heterocycles. The van der Waals surface area contributed by atoms with Crippen molar-refractivity contribution in [3.8, 4) is 0 Å². The maximum absolute atomic E-state index is 12.3. The molecule has 2 unspecified atom stereocenters. The Balaban J connectivity index is 2.81. The van der Waals surface area contributed by atoms with Crippen LogP contribution in [0.3, 0.4) is 0 Å². The second-order valence-corrected chi connectivity index (χ2v) is 4.47. The normalized spacial score (nSPS) is 21.6. The minimum atomic E-state index is -1.08. The van der Waals surface area contributed by atoms with Gasteiger partial charge < -0.3 is 24.4 Å². The van der Waals surface area contributed by atoms with Crippen LogP contribution < -0.4 is 0 Å². The first-order chi connectivity index (χ1) is 9.44. The minimum absolute atomic E-state index is 0.198. The van der Waals surface area contributed by atoms with Crippen molar-refractivity contribution in [2.75, 3.05) is 33.9 Å². The Morgan fingerprint density at radius 3 is 2.45 bits per heavy atom. The maximum atomic E-state index is 12.3. The highest BCUT2D eigenvalue weighted by molar-refractivity contribution is 5.85. The molecular weight excluding hydrogens is 268 g/mol. The van der Waals surface area contributed by atoms with Crippen LogP contribution in [-0.2, 0) is 19.1 Å². The molecule has 20 heavy (non-hydrogen) atoms. The zero-order chi connectivity index (χ0) is 15.3. The lowest BCUT2D eigenvalue weighted by Crippen LogP contribution is -2.49. The smallest absolute Gasteiger partial charge is 0.326 e. The number of ether oxygens (including phenoxy) is 2. The number of methoxy groups -OCH3 is 2. The summed E-state index contributed by atoms with van der Waals surface area (Å²) in [6.07, 6.45) is -0.0650. The number of hydrogen-bond acceptors (Lipinski definition) is 5. The van der Waals surface area contributed by atoms with E-state index in [9.17, 15) is 14.4 Å². The molecular formula is C12H20N2O6. The van der Waals surface area contributed by atoms with Gasteiger partial charge in [-0.2, -0.15) is 0 Å². The number of likely N-dealkylation sites (N-methyl/N-ethyl adjacent to an activating group) is 1. The van der Waals surface area contributed by atoms with E-state index in [2.05, 4.69) is 4.74 Å². The summed E-state index contributed by atoms with van der Waals surface area (Å²) in [6.45, 7) is 1.99. The number of nitrogens with zero attached hydrogens (tertiary/aromatic N) is 2. The van der Waals surface area contributed by atoms with E-state index in [4.69, 9.17) is 9.84 Å². The number of likely N-dealkylation sites (tertiary alicyclic amines) is 1. The fraction of sp³-hybridized carbons (Fsp3) is 0.750. The van der Waals surface area contributed by atoms with E-state index in [0.717, 1.165) is 0 Å². The van der Waals surface area contributed by atoms with Gasteiger partial charge in [-0.05, 0) is 6.92 Å². The van der Waals surface area contributed by atoms with E-state index >= 15 is 0 Å². The first kappa shape index (κ1) is 16.2. The van der Waals surface area contributed by atoms with E-state index in [1.54, 1.807) is 6.92 Å².